The fourth-order valence-electron chi connectivity index (χ4n) is 2.14. The number of hydrogen-bond acceptors (Lipinski definition) is 4. The van der Waals surface area contributed by atoms with Gasteiger partial charge in [-0.25, -0.2) is 4.79 Å². The molecule has 3 rings (SSSR count). The Bertz CT molecular complexity index is 822. The predicted octanol–water partition coefficient (Wildman–Crippen LogP) is 4.19. The van der Waals surface area contributed by atoms with E-state index in [0.717, 1.165) is 26.5 Å². The van der Waals surface area contributed by atoms with Gasteiger partial charge in [0.25, 0.3) is 0 Å². The molecule has 0 fully saturated rings. The van der Waals surface area contributed by atoms with Gasteiger partial charge in [-0.3, -0.25) is 0 Å². The fourth-order valence-corrected chi connectivity index (χ4v) is 3.15. The van der Waals surface area contributed by atoms with Gasteiger partial charge in [-0.05, 0) is 35.7 Å². The molecule has 0 spiro atoms. The third-order valence-electron chi connectivity index (χ3n) is 3.24. The summed E-state index contributed by atoms with van der Waals surface area (Å²) in [5.74, 6) is 0.576. The zero-order valence-corrected chi connectivity index (χ0v) is 12.7. The third-order valence-corrected chi connectivity index (χ3v) is 4.31. The number of ether oxygens (including phenoxy) is 2. The van der Waals surface area contributed by atoms with Crippen molar-refractivity contribution in [2.24, 2.45) is 0 Å². The van der Waals surface area contributed by atoms with Crippen molar-refractivity contribution in [3.63, 3.8) is 0 Å². The molecule has 4 nitrogen and oxygen atoms in total. The summed E-state index contributed by atoms with van der Waals surface area (Å²) < 4.78 is 11.9. The lowest BCUT2D eigenvalue weighted by Crippen LogP contribution is -1.94. The minimum atomic E-state index is -0.913. The van der Waals surface area contributed by atoms with E-state index in [-0.39, 0.29) is 0 Å². The molecule has 1 heterocycles. The minimum Gasteiger partial charge on any atom is -0.497 e. The SMILES string of the molecule is COc1cccc(OCc2cc3ccc(C(=O)O)cc3s2)c1. The maximum absolute atomic E-state index is 11.0. The van der Waals surface area contributed by atoms with Gasteiger partial charge in [0.15, 0.2) is 0 Å². The molecule has 0 atom stereocenters. The van der Waals surface area contributed by atoms with Crippen LogP contribution < -0.4 is 9.47 Å². The van der Waals surface area contributed by atoms with Gasteiger partial charge in [-0.15, -0.1) is 11.3 Å². The van der Waals surface area contributed by atoms with Crippen molar-refractivity contribution in [2.45, 2.75) is 6.61 Å². The van der Waals surface area contributed by atoms with E-state index in [4.69, 9.17) is 14.6 Å². The second kappa shape index (κ2) is 6.07. The van der Waals surface area contributed by atoms with Gasteiger partial charge in [0, 0.05) is 15.6 Å². The van der Waals surface area contributed by atoms with Crippen LogP contribution in [0.15, 0.2) is 48.5 Å². The average Bonchev–Trinajstić information content (AvgIpc) is 2.95. The van der Waals surface area contributed by atoms with Gasteiger partial charge in [-0.1, -0.05) is 12.1 Å². The molecule has 0 aliphatic rings. The van der Waals surface area contributed by atoms with Crippen LogP contribution in [0.5, 0.6) is 11.5 Å². The first-order valence-electron chi connectivity index (χ1n) is 6.68. The summed E-state index contributed by atoms with van der Waals surface area (Å²) in [6.07, 6.45) is 0. The Kier molecular flexibility index (Phi) is 3.98. The van der Waals surface area contributed by atoms with Gasteiger partial charge in [0.1, 0.15) is 18.1 Å². The molecule has 1 N–H and O–H groups in total. The molecule has 0 radical (unpaired) electrons. The van der Waals surface area contributed by atoms with Crippen LogP contribution in [-0.4, -0.2) is 18.2 Å². The number of fused-ring (bicyclic) bond motifs is 1. The number of thiophene rings is 1. The molecule has 0 unspecified atom stereocenters. The molecular weight excluding hydrogens is 300 g/mol. The Hall–Kier alpha value is -2.53. The van der Waals surface area contributed by atoms with Crippen LogP contribution in [0.25, 0.3) is 10.1 Å². The Morgan fingerprint density at radius 1 is 1.14 bits per heavy atom. The number of methoxy groups -OCH3 is 1. The van der Waals surface area contributed by atoms with Gasteiger partial charge in [0.2, 0.25) is 0 Å². The molecule has 0 saturated carbocycles. The zero-order valence-electron chi connectivity index (χ0n) is 11.9. The first-order valence-corrected chi connectivity index (χ1v) is 7.50. The summed E-state index contributed by atoms with van der Waals surface area (Å²) in [5, 5.41) is 10.0. The number of rotatable bonds is 5. The number of hydrogen-bond donors (Lipinski definition) is 1. The monoisotopic (exact) mass is 314 g/mol. The number of carboxylic acids is 1. The molecule has 3 aromatic rings. The summed E-state index contributed by atoms with van der Waals surface area (Å²) in [7, 11) is 1.62. The van der Waals surface area contributed by atoms with E-state index in [1.54, 1.807) is 19.2 Å². The van der Waals surface area contributed by atoms with Gasteiger partial charge >= 0.3 is 5.97 Å². The lowest BCUT2D eigenvalue weighted by Gasteiger charge is -2.06. The summed E-state index contributed by atoms with van der Waals surface area (Å²) >= 11 is 1.54. The smallest absolute Gasteiger partial charge is 0.335 e. The molecule has 112 valence electrons. The molecule has 0 aliphatic carbocycles. The van der Waals surface area contributed by atoms with Crippen molar-refractivity contribution in [3.05, 3.63) is 59.0 Å². The lowest BCUT2D eigenvalue weighted by molar-refractivity contribution is 0.0697. The lowest BCUT2D eigenvalue weighted by atomic mass is 10.2. The van der Waals surface area contributed by atoms with E-state index in [0.29, 0.717) is 12.2 Å². The maximum atomic E-state index is 11.0. The van der Waals surface area contributed by atoms with Gasteiger partial charge in [0.05, 0.1) is 12.7 Å². The van der Waals surface area contributed by atoms with Crippen LogP contribution in [0.4, 0.5) is 0 Å². The Morgan fingerprint density at radius 3 is 2.73 bits per heavy atom. The molecule has 0 bridgehead atoms. The standard InChI is InChI=1S/C17H14O4S/c1-20-13-3-2-4-14(9-13)21-10-15-7-11-5-6-12(17(18)19)8-16(11)22-15/h2-9H,10H2,1H3,(H,18,19). The number of carbonyl (C=O) groups is 1. The van der Waals surface area contributed by atoms with E-state index < -0.39 is 5.97 Å². The minimum absolute atomic E-state index is 0.301. The van der Waals surface area contributed by atoms with Crippen molar-refractivity contribution >= 4 is 27.4 Å². The van der Waals surface area contributed by atoms with Crippen LogP contribution in [0.3, 0.4) is 0 Å². The van der Waals surface area contributed by atoms with E-state index in [1.165, 1.54) is 11.3 Å². The predicted molar refractivity (Wildman–Crippen MR) is 86.1 cm³/mol. The highest BCUT2D eigenvalue weighted by molar-refractivity contribution is 7.19. The average molecular weight is 314 g/mol. The molecule has 0 amide bonds. The molecule has 22 heavy (non-hydrogen) atoms. The number of aromatic carboxylic acids is 1. The molecular formula is C17H14O4S. The molecule has 1 aromatic heterocycles. The molecule has 0 saturated heterocycles. The van der Waals surface area contributed by atoms with Crippen LogP contribution in [0, 0.1) is 0 Å². The summed E-state index contributed by atoms with van der Waals surface area (Å²) in [4.78, 5) is 12.0. The van der Waals surface area contributed by atoms with Crippen LogP contribution in [0.1, 0.15) is 15.2 Å². The second-order valence-corrected chi connectivity index (χ2v) is 5.91. The largest absolute Gasteiger partial charge is 0.497 e. The van der Waals surface area contributed by atoms with Crippen LogP contribution in [0.2, 0.25) is 0 Å². The Labute approximate surface area is 131 Å². The van der Waals surface area contributed by atoms with E-state index in [1.807, 2.05) is 36.4 Å². The normalized spacial score (nSPS) is 10.6. The van der Waals surface area contributed by atoms with Crippen molar-refractivity contribution in [2.75, 3.05) is 7.11 Å². The molecule has 0 aliphatic heterocycles. The second-order valence-electron chi connectivity index (χ2n) is 4.74. The van der Waals surface area contributed by atoms with E-state index in [9.17, 15) is 4.79 Å². The molecule has 2 aromatic carbocycles. The van der Waals surface area contributed by atoms with Crippen molar-refractivity contribution < 1.29 is 19.4 Å². The van der Waals surface area contributed by atoms with Crippen LogP contribution in [-0.2, 0) is 6.61 Å². The highest BCUT2D eigenvalue weighted by Crippen LogP contribution is 2.28. The van der Waals surface area contributed by atoms with Crippen molar-refractivity contribution in [1.29, 1.82) is 0 Å². The summed E-state index contributed by atoms with van der Waals surface area (Å²) in [6.45, 7) is 0.439. The highest BCUT2D eigenvalue weighted by atomic mass is 32.1. The molecule has 5 heteroatoms. The van der Waals surface area contributed by atoms with Crippen molar-refractivity contribution in [1.82, 2.24) is 0 Å². The first kappa shape index (κ1) is 14.4. The Balaban J connectivity index is 1.77. The topological polar surface area (TPSA) is 55.8 Å². The van der Waals surface area contributed by atoms with Crippen molar-refractivity contribution in [3.8, 4) is 11.5 Å². The summed E-state index contributed by atoms with van der Waals surface area (Å²) in [5.41, 5.74) is 0.301. The number of carboxylic acid groups (broad SMARTS) is 1. The highest BCUT2D eigenvalue weighted by Gasteiger charge is 2.07. The summed E-state index contributed by atoms with van der Waals surface area (Å²) in [6, 6.07) is 14.6. The van der Waals surface area contributed by atoms with E-state index >= 15 is 0 Å². The first-order chi connectivity index (χ1) is 10.7. The third kappa shape index (κ3) is 3.04. The van der Waals surface area contributed by atoms with Gasteiger partial charge in [-0.2, -0.15) is 0 Å². The van der Waals surface area contributed by atoms with Gasteiger partial charge < -0.3 is 14.6 Å². The number of benzene rings is 2. The quantitative estimate of drug-likeness (QED) is 0.767. The van der Waals surface area contributed by atoms with Crippen LogP contribution >= 0.6 is 11.3 Å². The fraction of sp³-hybridized carbons (Fsp3) is 0.118. The maximum Gasteiger partial charge on any atom is 0.335 e. The Morgan fingerprint density at radius 2 is 1.95 bits per heavy atom. The van der Waals surface area contributed by atoms with E-state index in [2.05, 4.69) is 0 Å². The zero-order chi connectivity index (χ0) is 15.5.